The van der Waals surface area contributed by atoms with Crippen LogP contribution in [0.5, 0.6) is 0 Å². The third-order valence-corrected chi connectivity index (χ3v) is 4.93. The molecule has 0 N–H and O–H groups in total. The van der Waals surface area contributed by atoms with Gasteiger partial charge in [-0.1, -0.05) is 12.1 Å². The van der Waals surface area contributed by atoms with Crippen LogP contribution >= 0.6 is 0 Å². The first kappa shape index (κ1) is 17.4. The van der Waals surface area contributed by atoms with Gasteiger partial charge >= 0.3 is 7.55 Å². The lowest BCUT2D eigenvalue weighted by Crippen LogP contribution is -2.30. The van der Waals surface area contributed by atoms with Gasteiger partial charge in [0.25, 0.3) is 0 Å². The Morgan fingerprint density at radius 1 is 0.586 bits per heavy atom. The first-order chi connectivity index (χ1) is 14.4. The summed E-state index contributed by atoms with van der Waals surface area (Å²) in [6.45, 7) is 1.73. The average molecular weight is 377 g/mol. The van der Waals surface area contributed by atoms with Gasteiger partial charge in [-0.3, -0.25) is 9.97 Å². The molecular weight excluding hydrogens is 359 g/mol. The standard InChI is InChI=1S/C22H18BN6/c1-3-17(13-24-9-1)19-5-7-21(26-15-19)28-11-12-29(23-28)22-8-6-20(16-27-22)18-4-2-10-25-14-18/h1-10,13-16H,11-12H2. The van der Waals surface area contributed by atoms with Gasteiger partial charge in [0, 0.05) is 72.5 Å². The van der Waals surface area contributed by atoms with Crippen LogP contribution in [0.1, 0.15) is 0 Å². The van der Waals surface area contributed by atoms with Gasteiger partial charge in [0.2, 0.25) is 0 Å². The smallest absolute Gasteiger partial charge is 0.382 e. The van der Waals surface area contributed by atoms with E-state index in [0.717, 1.165) is 47.0 Å². The molecule has 0 spiro atoms. The molecule has 139 valence electrons. The summed E-state index contributed by atoms with van der Waals surface area (Å²) in [6, 6.07) is 16.2. The highest BCUT2D eigenvalue weighted by molar-refractivity contribution is 6.47. The SMILES string of the molecule is [B]1N(c2ccc(-c3cccnc3)cn2)CCN1c1ccc(-c2cccnc2)cn1. The molecule has 6 nitrogen and oxygen atoms in total. The van der Waals surface area contributed by atoms with Crippen LogP contribution in [0.3, 0.4) is 0 Å². The first-order valence-electron chi connectivity index (χ1n) is 9.48. The number of hydrogen-bond donors (Lipinski definition) is 0. The lowest BCUT2D eigenvalue weighted by Gasteiger charge is -2.18. The molecule has 1 aliphatic heterocycles. The molecule has 1 aliphatic rings. The highest BCUT2D eigenvalue weighted by Gasteiger charge is 2.25. The molecule has 0 saturated carbocycles. The van der Waals surface area contributed by atoms with Crippen molar-refractivity contribution in [2.24, 2.45) is 0 Å². The molecule has 1 fully saturated rings. The third-order valence-electron chi connectivity index (χ3n) is 4.93. The molecule has 0 aliphatic carbocycles. The molecule has 0 unspecified atom stereocenters. The Morgan fingerprint density at radius 2 is 1.07 bits per heavy atom. The lowest BCUT2D eigenvalue weighted by atomic mass is 10.1. The second-order valence-corrected chi connectivity index (χ2v) is 6.80. The predicted octanol–water partition coefficient (Wildman–Crippen LogP) is 3.46. The molecule has 7 heteroatoms. The average Bonchev–Trinajstić information content (AvgIpc) is 3.31. The van der Waals surface area contributed by atoms with Crippen molar-refractivity contribution < 1.29 is 0 Å². The van der Waals surface area contributed by atoms with Gasteiger partial charge in [-0.15, -0.1) is 0 Å². The minimum absolute atomic E-state index is 0.866. The summed E-state index contributed by atoms with van der Waals surface area (Å²) in [5.74, 6) is 1.85. The van der Waals surface area contributed by atoms with Gasteiger partial charge in [0.15, 0.2) is 0 Å². The monoisotopic (exact) mass is 377 g/mol. The van der Waals surface area contributed by atoms with E-state index in [1.807, 2.05) is 61.2 Å². The normalized spacial score (nSPS) is 13.4. The zero-order valence-corrected chi connectivity index (χ0v) is 15.8. The van der Waals surface area contributed by atoms with Gasteiger partial charge in [-0.2, -0.15) is 0 Å². The Labute approximate surface area is 170 Å². The Kier molecular flexibility index (Phi) is 4.62. The van der Waals surface area contributed by atoms with E-state index in [9.17, 15) is 0 Å². The molecule has 1 saturated heterocycles. The lowest BCUT2D eigenvalue weighted by molar-refractivity contribution is 0.994. The third kappa shape index (κ3) is 3.67. The predicted molar refractivity (Wildman–Crippen MR) is 115 cm³/mol. The number of anilines is 2. The second kappa shape index (κ2) is 7.71. The van der Waals surface area contributed by atoms with Crippen LogP contribution < -0.4 is 9.62 Å². The van der Waals surface area contributed by atoms with Crippen LogP contribution in [0.25, 0.3) is 22.3 Å². The Hall–Kier alpha value is -3.74. The van der Waals surface area contributed by atoms with Crippen LogP contribution in [-0.2, 0) is 0 Å². The van der Waals surface area contributed by atoms with Crippen molar-refractivity contribution in [1.82, 2.24) is 19.9 Å². The molecule has 0 atom stereocenters. The number of pyridine rings is 4. The fourth-order valence-corrected chi connectivity index (χ4v) is 3.37. The summed E-state index contributed by atoms with van der Waals surface area (Å²) in [7, 11) is 2.07. The van der Waals surface area contributed by atoms with Gasteiger partial charge in [0.1, 0.15) is 11.6 Å². The van der Waals surface area contributed by atoms with E-state index in [-0.39, 0.29) is 0 Å². The topological polar surface area (TPSA) is 58.0 Å². The van der Waals surface area contributed by atoms with E-state index in [0.29, 0.717) is 0 Å². The summed E-state index contributed by atoms with van der Waals surface area (Å²) in [4.78, 5) is 21.9. The molecule has 5 rings (SSSR count). The van der Waals surface area contributed by atoms with Gasteiger partial charge in [-0.25, -0.2) is 9.97 Å². The Morgan fingerprint density at radius 3 is 1.45 bits per heavy atom. The maximum atomic E-state index is 4.63. The van der Waals surface area contributed by atoms with Gasteiger partial charge < -0.3 is 9.62 Å². The van der Waals surface area contributed by atoms with Crippen LogP contribution in [0.2, 0.25) is 0 Å². The second-order valence-electron chi connectivity index (χ2n) is 6.80. The highest BCUT2D eigenvalue weighted by Crippen LogP contribution is 2.24. The summed E-state index contributed by atoms with van der Waals surface area (Å²) < 4.78 is 0. The molecule has 4 aromatic rings. The van der Waals surface area contributed by atoms with Crippen molar-refractivity contribution in [2.75, 3.05) is 22.7 Å². The van der Waals surface area contributed by atoms with Crippen LogP contribution in [0.4, 0.5) is 11.6 Å². The summed E-state index contributed by atoms with van der Waals surface area (Å²) in [5.41, 5.74) is 4.25. The van der Waals surface area contributed by atoms with Crippen molar-refractivity contribution in [3.63, 3.8) is 0 Å². The van der Waals surface area contributed by atoms with E-state index < -0.39 is 0 Å². The first-order valence-corrected chi connectivity index (χ1v) is 9.48. The molecule has 0 bridgehead atoms. The molecule has 29 heavy (non-hydrogen) atoms. The van der Waals surface area contributed by atoms with Gasteiger partial charge in [0.05, 0.1) is 0 Å². The van der Waals surface area contributed by atoms with Crippen molar-refractivity contribution in [3.05, 3.63) is 85.7 Å². The van der Waals surface area contributed by atoms with E-state index >= 15 is 0 Å². The van der Waals surface area contributed by atoms with Crippen LogP contribution in [-0.4, -0.2) is 40.6 Å². The number of rotatable bonds is 4. The van der Waals surface area contributed by atoms with Crippen molar-refractivity contribution in [1.29, 1.82) is 0 Å². The molecule has 4 aromatic heterocycles. The maximum absolute atomic E-state index is 4.63. The molecule has 1 radical (unpaired) electrons. The zero-order chi connectivity index (χ0) is 19.5. The van der Waals surface area contributed by atoms with Crippen molar-refractivity contribution >= 4 is 19.2 Å². The Bertz CT molecular complexity index is 983. The minimum atomic E-state index is 0.866. The number of nitrogens with zero attached hydrogens (tertiary/aromatic N) is 6. The number of hydrogen-bond acceptors (Lipinski definition) is 6. The maximum Gasteiger partial charge on any atom is 0.394 e. The molecule has 0 aromatic carbocycles. The largest absolute Gasteiger partial charge is 0.394 e. The van der Waals surface area contributed by atoms with Crippen molar-refractivity contribution in [3.8, 4) is 22.3 Å². The minimum Gasteiger partial charge on any atom is -0.382 e. The fraction of sp³-hybridized carbons (Fsp3) is 0.0909. The van der Waals surface area contributed by atoms with E-state index in [4.69, 9.17) is 0 Å². The summed E-state index contributed by atoms with van der Waals surface area (Å²) in [6.07, 6.45) is 11.0. The van der Waals surface area contributed by atoms with Crippen LogP contribution in [0.15, 0.2) is 85.7 Å². The van der Waals surface area contributed by atoms with Crippen LogP contribution in [0, 0.1) is 0 Å². The molecule has 0 amide bonds. The fourth-order valence-electron chi connectivity index (χ4n) is 3.37. The van der Waals surface area contributed by atoms with Crippen molar-refractivity contribution in [2.45, 2.75) is 0 Å². The number of aromatic nitrogens is 4. The summed E-state index contributed by atoms with van der Waals surface area (Å²) in [5, 5.41) is 0. The molecule has 5 heterocycles. The molecular formula is C22H18BN6. The van der Waals surface area contributed by atoms with E-state index in [1.165, 1.54) is 0 Å². The van der Waals surface area contributed by atoms with E-state index in [1.54, 1.807) is 12.4 Å². The quantitative estimate of drug-likeness (QED) is 0.508. The van der Waals surface area contributed by atoms with Gasteiger partial charge in [-0.05, 0) is 36.4 Å². The van der Waals surface area contributed by atoms with E-state index in [2.05, 4.69) is 49.2 Å². The highest BCUT2D eigenvalue weighted by atomic mass is 15.3. The Balaban J connectivity index is 1.28. The summed E-state index contributed by atoms with van der Waals surface area (Å²) >= 11 is 0. The zero-order valence-electron chi connectivity index (χ0n) is 15.8.